The standard InChI is InChI=1S/C15H24N2/c16-11-5-6-14-7-9-15(10-8-14)17-12-3-1-2-4-13-17/h7-10H,1-6,11-13,16H2. The zero-order valence-corrected chi connectivity index (χ0v) is 10.7. The molecule has 0 bridgehead atoms. The monoisotopic (exact) mass is 232 g/mol. The van der Waals surface area contributed by atoms with Crippen molar-refractivity contribution < 1.29 is 0 Å². The van der Waals surface area contributed by atoms with Crippen LogP contribution >= 0.6 is 0 Å². The summed E-state index contributed by atoms with van der Waals surface area (Å²) in [5.41, 5.74) is 8.34. The van der Waals surface area contributed by atoms with Gasteiger partial charge in [-0.15, -0.1) is 0 Å². The van der Waals surface area contributed by atoms with E-state index in [4.69, 9.17) is 5.73 Å². The van der Waals surface area contributed by atoms with Crippen molar-refractivity contribution in [1.82, 2.24) is 0 Å². The molecule has 0 spiro atoms. The molecule has 1 aliphatic heterocycles. The predicted octanol–water partition coefficient (Wildman–Crippen LogP) is 2.96. The first-order valence-electron chi connectivity index (χ1n) is 6.94. The maximum atomic E-state index is 5.53. The van der Waals surface area contributed by atoms with Gasteiger partial charge in [-0.1, -0.05) is 25.0 Å². The zero-order chi connectivity index (χ0) is 11.9. The van der Waals surface area contributed by atoms with Crippen molar-refractivity contribution in [2.24, 2.45) is 5.73 Å². The van der Waals surface area contributed by atoms with Crippen LogP contribution in [0.4, 0.5) is 5.69 Å². The Balaban J connectivity index is 1.96. The highest BCUT2D eigenvalue weighted by molar-refractivity contribution is 5.47. The SMILES string of the molecule is NCCCc1ccc(N2CCCCCC2)cc1. The number of hydrogen-bond donors (Lipinski definition) is 1. The molecule has 1 aromatic carbocycles. The molecule has 94 valence electrons. The number of nitrogens with zero attached hydrogens (tertiary/aromatic N) is 1. The first kappa shape index (κ1) is 12.4. The van der Waals surface area contributed by atoms with Gasteiger partial charge in [0, 0.05) is 18.8 Å². The van der Waals surface area contributed by atoms with E-state index in [9.17, 15) is 0 Å². The smallest absolute Gasteiger partial charge is 0.0366 e. The molecular weight excluding hydrogens is 208 g/mol. The lowest BCUT2D eigenvalue weighted by Crippen LogP contribution is -2.23. The van der Waals surface area contributed by atoms with Gasteiger partial charge in [-0.25, -0.2) is 0 Å². The van der Waals surface area contributed by atoms with Crippen molar-refractivity contribution in [3.05, 3.63) is 29.8 Å². The molecule has 0 unspecified atom stereocenters. The molecule has 0 atom stereocenters. The van der Waals surface area contributed by atoms with Crippen LogP contribution in [-0.4, -0.2) is 19.6 Å². The number of hydrogen-bond acceptors (Lipinski definition) is 2. The molecule has 2 nitrogen and oxygen atoms in total. The predicted molar refractivity (Wildman–Crippen MR) is 74.5 cm³/mol. The van der Waals surface area contributed by atoms with Crippen molar-refractivity contribution in [2.75, 3.05) is 24.5 Å². The molecule has 2 heteroatoms. The fourth-order valence-electron chi connectivity index (χ4n) is 2.51. The van der Waals surface area contributed by atoms with Gasteiger partial charge >= 0.3 is 0 Å². The molecule has 1 saturated heterocycles. The third-order valence-electron chi connectivity index (χ3n) is 3.58. The van der Waals surface area contributed by atoms with Gasteiger partial charge in [-0.05, 0) is 49.9 Å². The highest BCUT2D eigenvalue weighted by Crippen LogP contribution is 2.20. The summed E-state index contributed by atoms with van der Waals surface area (Å²) < 4.78 is 0. The number of rotatable bonds is 4. The number of anilines is 1. The number of aryl methyl sites for hydroxylation is 1. The third kappa shape index (κ3) is 3.74. The van der Waals surface area contributed by atoms with E-state index in [1.807, 2.05) is 0 Å². The summed E-state index contributed by atoms with van der Waals surface area (Å²) in [4.78, 5) is 2.53. The summed E-state index contributed by atoms with van der Waals surface area (Å²) in [5, 5.41) is 0. The minimum atomic E-state index is 0.786. The Labute approximate surface area is 105 Å². The summed E-state index contributed by atoms with van der Waals surface area (Å²) in [6, 6.07) is 9.07. The Morgan fingerprint density at radius 3 is 2.18 bits per heavy atom. The minimum absolute atomic E-state index is 0.786. The molecule has 2 rings (SSSR count). The Bertz CT molecular complexity index is 310. The lowest BCUT2D eigenvalue weighted by Gasteiger charge is -2.22. The second-order valence-electron chi connectivity index (χ2n) is 4.96. The minimum Gasteiger partial charge on any atom is -0.372 e. The number of nitrogens with two attached hydrogens (primary N) is 1. The molecule has 0 aromatic heterocycles. The topological polar surface area (TPSA) is 29.3 Å². The van der Waals surface area contributed by atoms with Crippen LogP contribution in [0, 0.1) is 0 Å². The second kappa shape index (κ2) is 6.65. The molecule has 17 heavy (non-hydrogen) atoms. The Hall–Kier alpha value is -1.02. The van der Waals surface area contributed by atoms with Gasteiger partial charge in [0.25, 0.3) is 0 Å². The number of benzene rings is 1. The summed E-state index contributed by atoms with van der Waals surface area (Å²) >= 11 is 0. The van der Waals surface area contributed by atoms with Gasteiger partial charge in [0.1, 0.15) is 0 Å². The first-order chi connectivity index (χ1) is 8.40. The van der Waals surface area contributed by atoms with Crippen molar-refractivity contribution in [1.29, 1.82) is 0 Å². The normalized spacial score (nSPS) is 16.9. The van der Waals surface area contributed by atoms with Gasteiger partial charge in [-0.3, -0.25) is 0 Å². The van der Waals surface area contributed by atoms with E-state index in [2.05, 4.69) is 29.2 Å². The maximum absolute atomic E-state index is 5.53. The van der Waals surface area contributed by atoms with Crippen molar-refractivity contribution in [3.63, 3.8) is 0 Å². The second-order valence-corrected chi connectivity index (χ2v) is 4.96. The molecule has 0 radical (unpaired) electrons. The molecular formula is C15H24N2. The fraction of sp³-hybridized carbons (Fsp3) is 0.600. The van der Waals surface area contributed by atoms with Crippen molar-refractivity contribution >= 4 is 5.69 Å². The van der Waals surface area contributed by atoms with Crippen LogP contribution in [0.3, 0.4) is 0 Å². The fourth-order valence-corrected chi connectivity index (χ4v) is 2.51. The van der Waals surface area contributed by atoms with Crippen molar-refractivity contribution in [3.8, 4) is 0 Å². The molecule has 2 N–H and O–H groups in total. The van der Waals surface area contributed by atoms with Gasteiger partial charge < -0.3 is 10.6 Å². The molecule has 1 aromatic rings. The van der Waals surface area contributed by atoms with E-state index in [1.54, 1.807) is 0 Å². The third-order valence-corrected chi connectivity index (χ3v) is 3.58. The van der Waals surface area contributed by atoms with E-state index in [0.29, 0.717) is 0 Å². The average Bonchev–Trinajstić information content (AvgIpc) is 2.66. The van der Waals surface area contributed by atoms with Crippen LogP contribution < -0.4 is 10.6 Å². The molecule has 0 amide bonds. The quantitative estimate of drug-likeness (QED) is 0.865. The van der Waals surface area contributed by atoms with Gasteiger partial charge in [-0.2, -0.15) is 0 Å². The van der Waals surface area contributed by atoms with E-state index in [0.717, 1.165) is 19.4 Å². The Morgan fingerprint density at radius 2 is 1.59 bits per heavy atom. The lowest BCUT2D eigenvalue weighted by atomic mass is 10.1. The van der Waals surface area contributed by atoms with Crippen LogP contribution in [0.2, 0.25) is 0 Å². The first-order valence-corrected chi connectivity index (χ1v) is 6.94. The highest BCUT2D eigenvalue weighted by atomic mass is 15.1. The van der Waals surface area contributed by atoms with Gasteiger partial charge in [0.05, 0.1) is 0 Å². The van der Waals surface area contributed by atoms with Crippen molar-refractivity contribution in [2.45, 2.75) is 38.5 Å². The Kier molecular flexibility index (Phi) is 4.87. The van der Waals surface area contributed by atoms with Crippen LogP contribution in [0.5, 0.6) is 0 Å². The van der Waals surface area contributed by atoms with E-state index < -0.39 is 0 Å². The van der Waals surface area contributed by atoms with Crippen LogP contribution in [0.1, 0.15) is 37.7 Å². The van der Waals surface area contributed by atoms with Crippen LogP contribution in [0.15, 0.2) is 24.3 Å². The summed E-state index contributed by atoms with van der Waals surface area (Å²) in [5.74, 6) is 0. The summed E-state index contributed by atoms with van der Waals surface area (Å²) in [7, 11) is 0. The molecule has 0 saturated carbocycles. The maximum Gasteiger partial charge on any atom is 0.0366 e. The molecule has 1 heterocycles. The zero-order valence-electron chi connectivity index (χ0n) is 10.7. The van der Waals surface area contributed by atoms with E-state index in [-0.39, 0.29) is 0 Å². The van der Waals surface area contributed by atoms with Gasteiger partial charge in [0.2, 0.25) is 0 Å². The van der Waals surface area contributed by atoms with Crippen LogP contribution in [-0.2, 0) is 6.42 Å². The largest absolute Gasteiger partial charge is 0.372 e. The van der Waals surface area contributed by atoms with Crippen LogP contribution in [0.25, 0.3) is 0 Å². The van der Waals surface area contributed by atoms with E-state index in [1.165, 1.54) is 50.0 Å². The van der Waals surface area contributed by atoms with E-state index >= 15 is 0 Å². The highest BCUT2D eigenvalue weighted by Gasteiger charge is 2.09. The molecule has 1 aliphatic rings. The molecule has 0 aliphatic carbocycles. The van der Waals surface area contributed by atoms with Gasteiger partial charge in [0.15, 0.2) is 0 Å². The summed E-state index contributed by atoms with van der Waals surface area (Å²) in [6.45, 7) is 3.23. The Morgan fingerprint density at radius 1 is 0.941 bits per heavy atom. The summed E-state index contributed by atoms with van der Waals surface area (Å²) in [6.07, 6.45) is 7.67. The average molecular weight is 232 g/mol. The lowest BCUT2D eigenvalue weighted by molar-refractivity contribution is 0.726. The molecule has 1 fully saturated rings.